The van der Waals surface area contributed by atoms with Gasteiger partial charge < -0.3 is 18.9 Å². The van der Waals surface area contributed by atoms with E-state index in [2.05, 4.69) is 15.1 Å². The van der Waals surface area contributed by atoms with E-state index in [9.17, 15) is 22.8 Å². The summed E-state index contributed by atoms with van der Waals surface area (Å²) in [5.74, 6) is 0.272. The zero-order chi connectivity index (χ0) is 34.2. The van der Waals surface area contributed by atoms with Crippen molar-refractivity contribution in [3.05, 3.63) is 76.4 Å². The fraction of sp³-hybridized carbons (Fsp3) is 0.543. The van der Waals surface area contributed by atoms with Gasteiger partial charge in [-0.1, -0.05) is 12.1 Å². The van der Waals surface area contributed by atoms with Crippen LogP contribution < -0.4 is 4.90 Å². The van der Waals surface area contributed by atoms with Gasteiger partial charge in [0.15, 0.2) is 0 Å². The molecule has 13 heteroatoms. The highest BCUT2D eigenvalue weighted by Gasteiger charge is 2.52. The number of aromatic nitrogens is 3. The quantitative estimate of drug-likeness (QED) is 0.321. The van der Waals surface area contributed by atoms with Gasteiger partial charge in [0, 0.05) is 43.5 Å². The smallest absolute Gasteiger partial charge is 0.416 e. The standard InChI is InChI=1S/C35H41F3N6O4/c1-32(2,3)48-31(46)44(33(4)10-7-11-33)15-22-12-26-27(28(13-22)35(36,37)38)16-43(29(26)45)24-9-6-8-23(14-24)34(30-40-39-21-41(30)5)19-42(20-34)25-17-47-18-25/h6,8-9,12-14,21,25H,7,10-11,15-20H2,1-5H3. The molecule has 4 heterocycles. The summed E-state index contributed by atoms with van der Waals surface area (Å²) >= 11 is 0. The number of benzene rings is 2. The van der Waals surface area contributed by atoms with Crippen LogP contribution in [0.4, 0.5) is 23.7 Å². The van der Waals surface area contributed by atoms with Crippen LogP contribution in [-0.4, -0.2) is 80.0 Å². The second-order valence-corrected chi connectivity index (χ2v) is 15.0. The summed E-state index contributed by atoms with van der Waals surface area (Å²) in [6.45, 7) is 9.58. The van der Waals surface area contributed by atoms with Crippen molar-refractivity contribution in [2.45, 2.75) is 88.8 Å². The van der Waals surface area contributed by atoms with Gasteiger partial charge in [-0.05, 0) is 87.9 Å². The number of nitrogens with zero attached hydrogens (tertiary/aromatic N) is 6. The SMILES string of the molecule is Cn1cnnc1C1(c2cccc(N3Cc4c(cc(CN(C(=O)OC(C)(C)C)C5(C)CCC5)cc4C(F)(F)F)C3=O)c2)CN(C2COC2)C1. The lowest BCUT2D eigenvalue weighted by molar-refractivity contribution is -0.138. The molecule has 0 bridgehead atoms. The minimum absolute atomic E-state index is 0.00375. The van der Waals surface area contributed by atoms with Crippen molar-refractivity contribution in [3.63, 3.8) is 0 Å². The van der Waals surface area contributed by atoms with E-state index in [0.717, 1.165) is 23.9 Å². The van der Waals surface area contributed by atoms with Crippen LogP contribution in [0, 0.1) is 0 Å². The number of anilines is 1. The maximum atomic E-state index is 14.7. The molecule has 2 saturated heterocycles. The average molecular weight is 667 g/mol. The van der Waals surface area contributed by atoms with Crippen molar-refractivity contribution < 1.29 is 32.2 Å². The Morgan fingerprint density at radius 2 is 1.85 bits per heavy atom. The Morgan fingerprint density at radius 1 is 1.12 bits per heavy atom. The van der Waals surface area contributed by atoms with Crippen LogP contribution in [0.2, 0.25) is 0 Å². The molecule has 2 aromatic carbocycles. The summed E-state index contributed by atoms with van der Waals surface area (Å²) in [6.07, 6.45) is -1.29. The minimum Gasteiger partial charge on any atom is -0.444 e. The van der Waals surface area contributed by atoms with E-state index in [0.29, 0.717) is 50.9 Å². The Kier molecular flexibility index (Phi) is 7.67. The second-order valence-electron chi connectivity index (χ2n) is 15.0. The van der Waals surface area contributed by atoms with Gasteiger partial charge >= 0.3 is 12.3 Å². The number of carbonyl (C=O) groups excluding carboxylic acids is 2. The minimum atomic E-state index is -4.70. The van der Waals surface area contributed by atoms with Crippen molar-refractivity contribution in [3.8, 4) is 0 Å². The Morgan fingerprint density at radius 3 is 2.42 bits per heavy atom. The number of amides is 2. The van der Waals surface area contributed by atoms with Crippen LogP contribution in [0.3, 0.4) is 0 Å². The molecule has 0 atom stereocenters. The third-order valence-electron chi connectivity index (χ3n) is 10.4. The van der Waals surface area contributed by atoms with Crippen LogP contribution in [0.1, 0.15) is 85.4 Å². The first-order valence-corrected chi connectivity index (χ1v) is 16.4. The van der Waals surface area contributed by atoms with E-state index in [4.69, 9.17) is 9.47 Å². The van der Waals surface area contributed by atoms with E-state index in [1.165, 1.54) is 15.9 Å². The van der Waals surface area contributed by atoms with Gasteiger partial charge in [-0.2, -0.15) is 13.2 Å². The van der Waals surface area contributed by atoms with E-state index in [-0.39, 0.29) is 29.8 Å². The number of aryl methyl sites for hydroxylation is 1. The molecule has 1 aromatic heterocycles. The van der Waals surface area contributed by atoms with Gasteiger partial charge in [-0.25, -0.2) is 4.79 Å². The number of rotatable bonds is 7. The predicted molar refractivity (Wildman–Crippen MR) is 170 cm³/mol. The summed E-state index contributed by atoms with van der Waals surface area (Å²) in [5.41, 5.74) is -1.10. The topological polar surface area (TPSA) is 93.0 Å². The summed E-state index contributed by atoms with van der Waals surface area (Å²) in [7, 11) is 1.89. The lowest BCUT2D eigenvalue weighted by atomic mass is 9.71. The van der Waals surface area contributed by atoms with Crippen LogP contribution in [-0.2, 0) is 41.2 Å². The Labute approximate surface area is 277 Å². The molecular weight excluding hydrogens is 625 g/mol. The number of alkyl halides is 3. The number of fused-ring (bicyclic) bond motifs is 1. The summed E-state index contributed by atoms with van der Waals surface area (Å²) in [6, 6.07) is 10.4. The fourth-order valence-corrected chi connectivity index (χ4v) is 7.44. The average Bonchev–Trinajstić information content (AvgIpc) is 3.52. The maximum Gasteiger partial charge on any atom is 0.416 e. The molecule has 256 valence electrons. The van der Waals surface area contributed by atoms with Crippen molar-refractivity contribution in [2.75, 3.05) is 31.2 Å². The Balaban J connectivity index is 1.22. The van der Waals surface area contributed by atoms with Gasteiger partial charge in [0.1, 0.15) is 17.8 Å². The second kappa shape index (κ2) is 11.3. The molecule has 1 aliphatic carbocycles. The summed E-state index contributed by atoms with van der Waals surface area (Å²) in [4.78, 5) is 32.6. The molecule has 0 unspecified atom stereocenters. The number of ether oxygens (including phenoxy) is 2. The zero-order valence-corrected chi connectivity index (χ0v) is 27.9. The summed E-state index contributed by atoms with van der Waals surface area (Å²) < 4.78 is 56.9. The van der Waals surface area contributed by atoms with Crippen molar-refractivity contribution >= 4 is 17.7 Å². The number of likely N-dealkylation sites (tertiary alicyclic amines) is 1. The monoisotopic (exact) mass is 666 g/mol. The van der Waals surface area contributed by atoms with E-state index in [1.807, 2.05) is 36.7 Å². The maximum absolute atomic E-state index is 14.7. The molecule has 3 aliphatic heterocycles. The van der Waals surface area contributed by atoms with Crippen LogP contribution >= 0.6 is 0 Å². The van der Waals surface area contributed by atoms with E-state index < -0.39 is 40.3 Å². The third-order valence-corrected chi connectivity index (χ3v) is 10.4. The molecule has 0 radical (unpaired) electrons. The highest BCUT2D eigenvalue weighted by atomic mass is 19.4. The van der Waals surface area contributed by atoms with Crippen molar-refractivity contribution in [1.29, 1.82) is 0 Å². The van der Waals surface area contributed by atoms with Crippen molar-refractivity contribution in [1.82, 2.24) is 24.6 Å². The summed E-state index contributed by atoms with van der Waals surface area (Å²) in [5, 5.41) is 8.56. The first-order chi connectivity index (χ1) is 22.6. The number of hydrogen-bond acceptors (Lipinski definition) is 7. The van der Waals surface area contributed by atoms with E-state index in [1.54, 1.807) is 33.2 Å². The van der Waals surface area contributed by atoms with E-state index >= 15 is 0 Å². The highest BCUT2D eigenvalue weighted by molar-refractivity contribution is 6.10. The van der Waals surface area contributed by atoms with Crippen LogP contribution in [0.5, 0.6) is 0 Å². The molecule has 48 heavy (non-hydrogen) atoms. The molecule has 3 fully saturated rings. The number of carbonyl (C=O) groups is 2. The normalized spacial score (nSPS) is 20.5. The first kappa shape index (κ1) is 32.6. The number of halogens is 3. The van der Waals surface area contributed by atoms with Gasteiger partial charge in [-0.15, -0.1) is 10.2 Å². The Bertz CT molecular complexity index is 1750. The van der Waals surface area contributed by atoms with Crippen LogP contribution in [0.25, 0.3) is 0 Å². The molecule has 10 nitrogen and oxygen atoms in total. The van der Waals surface area contributed by atoms with Crippen molar-refractivity contribution in [2.24, 2.45) is 7.05 Å². The van der Waals surface area contributed by atoms with Gasteiger partial charge in [-0.3, -0.25) is 14.6 Å². The molecule has 0 N–H and O–H groups in total. The number of hydrogen-bond donors (Lipinski definition) is 0. The predicted octanol–water partition coefficient (Wildman–Crippen LogP) is 5.67. The van der Waals surface area contributed by atoms with Gasteiger partial charge in [0.2, 0.25) is 0 Å². The molecule has 4 aliphatic rings. The van der Waals surface area contributed by atoms with Gasteiger partial charge in [0.05, 0.1) is 36.8 Å². The Hall–Kier alpha value is -3.97. The molecule has 2 amide bonds. The first-order valence-electron chi connectivity index (χ1n) is 16.4. The zero-order valence-electron chi connectivity index (χ0n) is 27.9. The van der Waals surface area contributed by atoms with Crippen LogP contribution in [0.15, 0.2) is 42.7 Å². The molecule has 0 spiro atoms. The molecular formula is C35H41F3N6O4. The van der Waals surface area contributed by atoms with Gasteiger partial charge in [0.25, 0.3) is 5.91 Å². The molecule has 7 rings (SSSR count). The molecule has 3 aromatic rings. The lowest BCUT2D eigenvalue weighted by Crippen LogP contribution is -2.67. The largest absolute Gasteiger partial charge is 0.444 e. The molecule has 1 saturated carbocycles. The fourth-order valence-electron chi connectivity index (χ4n) is 7.44. The third kappa shape index (κ3) is 5.54. The lowest BCUT2D eigenvalue weighted by Gasteiger charge is -2.54. The highest BCUT2D eigenvalue weighted by Crippen LogP contribution is 2.45.